The van der Waals surface area contributed by atoms with Crippen LogP contribution in [0, 0.1) is 5.82 Å². The Balaban J connectivity index is 1.97. The Morgan fingerprint density at radius 1 is 1.27 bits per heavy atom. The molecule has 0 unspecified atom stereocenters. The molecule has 2 N–H and O–H groups in total. The Morgan fingerprint density at radius 2 is 2.00 bits per heavy atom. The van der Waals surface area contributed by atoms with Gasteiger partial charge < -0.3 is 15.4 Å². The number of ether oxygens (including phenoxy) is 1. The highest BCUT2D eigenvalue weighted by molar-refractivity contribution is 7.80. The first-order valence-corrected chi connectivity index (χ1v) is 8.70. The van der Waals surface area contributed by atoms with Crippen LogP contribution in [0.4, 0.5) is 10.1 Å². The Bertz CT molecular complexity index is 827. The number of hydrogen-bond acceptors (Lipinski definition) is 3. The molecule has 0 saturated heterocycles. The molecule has 0 saturated carbocycles. The summed E-state index contributed by atoms with van der Waals surface area (Å²) in [6, 6.07) is 11.5. The summed E-state index contributed by atoms with van der Waals surface area (Å²) in [7, 11) is 1.38. The second kappa shape index (κ2) is 8.47. The Kier molecular flexibility index (Phi) is 6.56. The van der Waals surface area contributed by atoms with Crippen molar-refractivity contribution in [2.45, 2.75) is 19.3 Å². The van der Waals surface area contributed by atoms with Crippen LogP contribution >= 0.6 is 23.8 Å². The van der Waals surface area contributed by atoms with E-state index in [1.807, 2.05) is 26.0 Å². The summed E-state index contributed by atoms with van der Waals surface area (Å²) < 4.78 is 18.4. The third-order valence-electron chi connectivity index (χ3n) is 4.06. The number of hydrogen-bond donors (Lipinski definition) is 2. The molecule has 0 aliphatic rings. The molecule has 0 aliphatic heterocycles. The first kappa shape index (κ1) is 20.1. The van der Waals surface area contributed by atoms with Crippen LogP contribution in [0.15, 0.2) is 42.5 Å². The first-order chi connectivity index (χ1) is 12.2. The van der Waals surface area contributed by atoms with Crippen molar-refractivity contribution in [1.82, 2.24) is 5.32 Å². The Hall–Kier alpha value is -2.18. The third kappa shape index (κ3) is 4.93. The number of nitrogens with one attached hydrogen (secondary N) is 2. The summed E-state index contributed by atoms with van der Waals surface area (Å²) in [6.07, 6.45) is 0. The monoisotopic (exact) mass is 394 g/mol. The van der Waals surface area contributed by atoms with Gasteiger partial charge in [-0.3, -0.25) is 4.79 Å². The van der Waals surface area contributed by atoms with Crippen molar-refractivity contribution in [2.75, 3.05) is 19.0 Å². The number of ketones is 1. The zero-order valence-electron chi connectivity index (χ0n) is 14.7. The van der Waals surface area contributed by atoms with Gasteiger partial charge in [0.2, 0.25) is 0 Å². The largest absolute Gasteiger partial charge is 0.494 e. The molecule has 0 heterocycles. The minimum atomic E-state index is -0.716. The SMILES string of the molecule is COc1cc(NC(=S)NCC(=O)C(C)(C)c2cccc(Cl)c2)ccc1F. The second-order valence-electron chi connectivity index (χ2n) is 6.22. The number of Topliss-reactive ketones (excluding diaryl/α,β-unsaturated/α-hetero) is 1. The van der Waals surface area contributed by atoms with Crippen LogP contribution in [-0.4, -0.2) is 24.6 Å². The number of carbonyl (C=O) groups is 1. The summed E-state index contributed by atoms with van der Waals surface area (Å²) in [5.74, 6) is -0.396. The van der Waals surface area contributed by atoms with Gasteiger partial charge in [-0.2, -0.15) is 0 Å². The van der Waals surface area contributed by atoms with Crippen molar-refractivity contribution in [3.8, 4) is 5.75 Å². The second-order valence-corrected chi connectivity index (χ2v) is 7.06. The summed E-state index contributed by atoms with van der Waals surface area (Å²) >= 11 is 11.2. The van der Waals surface area contributed by atoms with E-state index in [4.69, 9.17) is 28.6 Å². The fourth-order valence-corrected chi connectivity index (χ4v) is 2.71. The average molecular weight is 395 g/mol. The molecule has 4 nitrogen and oxygen atoms in total. The van der Waals surface area contributed by atoms with Gasteiger partial charge in [-0.25, -0.2) is 4.39 Å². The van der Waals surface area contributed by atoms with Gasteiger partial charge in [0.15, 0.2) is 22.5 Å². The molecule has 2 rings (SSSR count). The summed E-state index contributed by atoms with van der Waals surface area (Å²) in [6.45, 7) is 3.72. The normalized spacial score (nSPS) is 11.0. The van der Waals surface area contributed by atoms with E-state index >= 15 is 0 Å². The maximum absolute atomic E-state index is 13.4. The summed E-state index contributed by atoms with van der Waals surface area (Å²) in [5, 5.41) is 6.62. The molecule has 0 fully saturated rings. The summed E-state index contributed by atoms with van der Waals surface area (Å²) in [5.41, 5.74) is 0.674. The van der Waals surface area contributed by atoms with Crippen LogP contribution in [0.1, 0.15) is 19.4 Å². The number of halogens is 2. The molecule has 0 amide bonds. The van der Waals surface area contributed by atoms with Gasteiger partial charge in [-0.05, 0) is 55.9 Å². The van der Waals surface area contributed by atoms with Gasteiger partial charge in [-0.1, -0.05) is 23.7 Å². The quantitative estimate of drug-likeness (QED) is 0.714. The van der Waals surface area contributed by atoms with Crippen LogP contribution in [0.2, 0.25) is 5.02 Å². The fourth-order valence-electron chi connectivity index (χ4n) is 2.33. The molecule has 0 radical (unpaired) electrons. The summed E-state index contributed by atoms with van der Waals surface area (Å²) in [4.78, 5) is 12.6. The van der Waals surface area contributed by atoms with Crippen molar-refractivity contribution in [3.63, 3.8) is 0 Å². The lowest BCUT2D eigenvalue weighted by Gasteiger charge is -2.24. The van der Waals surface area contributed by atoms with E-state index in [9.17, 15) is 9.18 Å². The van der Waals surface area contributed by atoms with Crippen molar-refractivity contribution < 1.29 is 13.9 Å². The lowest BCUT2D eigenvalue weighted by atomic mass is 9.80. The van der Waals surface area contributed by atoms with E-state index in [1.54, 1.807) is 12.1 Å². The number of benzene rings is 2. The van der Waals surface area contributed by atoms with Crippen LogP contribution in [-0.2, 0) is 10.2 Å². The van der Waals surface area contributed by atoms with Gasteiger partial charge in [0, 0.05) is 16.8 Å². The zero-order valence-corrected chi connectivity index (χ0v) is 16.3. The maximum Gasteiger partial charge on any atom is 0.171 e. The van der Waals surface area contributed by atoms with Crippen molar-refractivity contribution in [3.05, 3.63) is 58.9 Å². The van der Waals surface area contributed by atoms with Crippen molar-refractivity contribution in [1.29, 1.82) is 0 Å². The molecule has 138 valence electrons. The molecule has 2 aromatic carbocycles. The topological polar surface area (TPSA) is 50.4 Å². The predicted octanol–water partition coefficient (Wildman–Crippen LogP) is 4.32. The van der Waals surface area contributed by atoms with E-state index in [0.29, 0.717) is 10.7 Å². The molecule has 26 heavy (non-hydrogen) atoms. The smallest absolute Gasteiger partial charge is 0.171 e. The van der Waals surface area contributed by atoms with E-state index < -0.39 is 11.2 Å². The zero-order chi connectivity index (χ0) is 19.3. The first-order valence-electron chi connectivity index (χ1n) is 7.92. The van der Waals surface area contributed by atoms with Crippen LogP contribution < -0.4 is 15.4 Å². The molecule has 2 aromatic rings. The van der Waals surface area contributed by atoms with Crippen LogP contribution in [0.5, 0.6) is 5.75 Å². The highest BCUT2D eigenvalue weighted by Gasteiger charge is 2.29. The van der Waals surface area contributed by atoms with Gasteiger partial charge >= 0.3 is 0 Å². The Labute approximate surface area is 162 Å². The minimum absolute atomic E-state index is 0.0411. The molecule has 0 spiro atoms. The third-order valence-corrected chi connectivity index (χ3v) is 4.54. The number of rotatable bonds is 6. The molecular formula is C19H20ClFN2O2S. The molecular weight excluding hydrogens is 375 g/mol. The number of carbonyl (C=O) groups excluding carboxylic acids is 1. The van der Waals surface area contributed by atoms with Crippen molar-refractivity contribution >= 4 is 40.4 Å². The fraction of sp³-hybridized carbons (Fsp3) is 0.263. The molecule has 0 bridgehead atoms. The molecule has 7 heteroatoms. The van der Waals surface area contributed by atoms with Gasteiger partial charge in [-0.15, -0.1) is 0 Å². The van der Waals surface area contributed by atoms with Gasteiger partial charge in [0.25, 0.3) is 0 Å². The maximum atomic E-state index is 13.4. The molecule has 0 aliphatic carbocycles. The number of methoxy groups -OCH3 is 1. The highest BCUT2D eigenvalue weighted by atomic mass is 35.5. The number of anilines is 1. The number of thiocarbonyl (C=S) groups is 1. The molecule has 0 atom stereocenters. The Morgan fingerprint density at radius 3 is 2.65 bits per heavy atom. The predicted molar refractivity (Wildman–Crippen MR) is 107 cm³/mol. The van der Waals surface area contributed by atoms with E-state index in [0.717, 1.165) is 5.56 Å². The minimum Gasteiger partial charge on any atom is -0.494 e. The van der Waals surface area contributed by atoms with E-state index in [-0.39, 0.29) is 23.2 Å². The average Bonchev–Trinajstić information content (AvgIpc) is 2.61. The highest BCUT2D eigenvalue weighted by Crippen LogP contribution is 2.26. The molecule has 0 aromatic heterocycles. The van der Waals surface area contributed by atoms with E-state index in [2.05, 4.69) is 10.6 Å². The lowest BCUT2D eigenvalue weighted by molar-refractivity contribution is -0.122. The van der Waals surface area contributed by atoms with E-state index in [1.165, 1.54) is 25.3 Å². The standard InChI is InChI=1S/C19H20ClFN2O2S/c1-19(2,12-5-4-6-13(20)9-12)17(24)11-22-18(26)23-14-7-8-15(21)16(10-14)25-3/h4-10H,11H2,1-3H3,(H2,22,23,26). The van der Waals surface area contributed by atoms with Gasteiger partial charge in [0.1, 0.15) is 0 Å². The van der Waals surface area contributed by atoms with Crippen molar-refractivity contribution in [2.24, 2.45) is 0 Å². The lowest BCUT2D eigenvalue weighted by Crippen LogP contribution is -2.40. The van der Waals surface area contributed by atoms with Crippen LogP contribution in [0.25, 0.3) is 0 Å². The van der Waals surface area contributed by atoms with Gasteiger partial charge in [0.05, 0.1) is 19.1 Å². The van der Waals surface area contributed by atoms with Crippen LogP contribution in [0.3, 0.4) is 0 Å².